The maximum absolute atomic E-state index is 14.7. The molecule has 5 rings (SSSR count). The van der Waals surface area contributed by atoms with E-state index in [2.05, 4.69) is 10.3 Å². The summed E-state index contributed by atoms with van der Waals surface area (Å²) in [5.41, 5.74) is 2.49. The van der Waals surface area contributed by atoms with Crippen LogP contribution < -0.4 is 5.32 Å². The van der Waals surface area contributed by atoms with Crippen LogP contribution in [0.15, 0.2) is 54.7 Å². The topological polar surface area (TPSA) is 42.0 Å². The molecule has 2 aliphatic rings. The van der Waals surface area contributed by atoms with Gasteiger partial charge in [0.2, 0.25) is 5.91 Å². The van der Waals surface area contributed by atoms with Crippen LogP contribution in [-0.4, -0.2) is 10.9 Å². The van der Waals surface area contributed by atoms with E-state index in [0.717, 1.165) is 55.0 Å². The quantitative estimate of drug-likeness (QED) is 0.562. The molecule has 5 heteroatoms. The van der Waals surface area contributed by atoms with Crippen LogP contribution >= 0.6 is 0 Å². The number of nitrogens with zero attached hydrogens (tertiary/aromatic N) is 1. The number of fused-ring (bicyclic) bond motifs is 1. The van der Waals surface area contributed by atoms with Gasteiger partial charge in [-0.25, -0.2) is 8.78 Å². The number of benzene rings is 2. The summed E-state index contributed by atoms with van der Waals surface area (Å²) in [4.78, 5) is 16.9. The van der Waals surface area contributed by atoms with Crippen LogP contribution in [0.1, 0.15) is 50.0 Å². The number of rotatable bonds is 3. The van der Waals surface area contributed by atoms with E-state index in [1.54, 1.807) is 24.4 Å². The smallest absolute Gasteiger partial charge is 0.227 e. The predicted octanol–water partition coefficient (Wildman–Crippen LogP) is 6.21. The molecule has 2 aliphatic carbocycles. The number of anilines is 1. The molecule has 0 atom stereocenters. The summed E-state index contributed by atoms with van der Waals surface area (Å²) < 4.78 is 27.7. The van der Waals surface area contributed by atoms with E-state index < -0.39 is 0 Å². The fourth-order valence-corrected chi connectivity index (χ4v) is 5.44. The second-order valence-corrected chi connectivity index (χ2v) is 8.91. The first-order valence-corrected chi connectivity index (χ1v) is 10.6. The Morgan fingerprint density at radius 3 is 2.47 bits per heavy atom. The number of hydrogen-bond acceptors (Lipinski definition) is 2. The zero-order chi connectivity index (χ0) is 20.7. The normalized spacial score (nSPS) is 25.8. The summed E-state index contributed by atoms with van der Waals surface area (Å²) in [6, 6.07) is 13.0. The molecule has 2 saturated carbocycles. The molecule has 1 aromatic heterocycles. The first-order chi connectivity index (χ1) is 14.5. The van der Waals surface area contributed by atoms with E-state index in [0.29, 0.717) is 5.69 Å². The van der Waals surface area contributed by atoms with Crippen molar-refractivity contribution < 1.29 is 13.6 Å². The monoisotopic (exact) mass is 406 g/mol. The Morgan fingerprint density at radius 1 is 1.00 bits per heavy atom. The van der Waals surface area contributed by atoms with Gasteiger partial charge >= 0.3 is 0 Å². The lowest BCUT2D eigenvalue weighted by Gasteiger charge is -2.51. The minimum absolute atomic E-state index is 0.00472. The van der Waals surface area contributed by atoms with Crippen LogP contribution in [0.4, 0.5) is 14.5 Å². The van der Waals surface area contributed by atoms with Gasteiger partial charge in [-0.1, -0.05) is 6.07 Å². The van der Waals surface area contributed by atoms with Gasteiger partial charge in [-0.3, -0.25) is 9.78 Å². The summed E-state index contributed by atoms with van der Waals surface area (Å²) >= 11 is 0. The standard InChI is InChI=1S/C25H24F2N2O/c26-18-3-5-19(6-4-18)29-24(30)17-14-25(15-17)11-9-16(10-12-25)23-20-2-1-13-28-22(20)8-7-21(23)27/h1-8,13,16-17H,9-12,14-15H2,(H,29,30). The van der Waals surface area contributed by atoms with E-state index in [1.807, 2.05) is 12.1 Å². The molecule has 1 N–H and O–H groups in total. The second-order valence-electron chi connectivity index (χ2n) is 8.91. The second kappa shape index (κ2) is 7.46. The number of hydrogen-bond donors (Lipinski definition) is 1. The van der Waals surface area contributed by atoms with Crippen LogP contribution in [0.3, 0.4) is 0 Å². The van der Waals surface area contributed by atoms with Crippen LogP contribution in [0, 0.1) is 23.0 Å². The van der Waals surface area contributed by atoms with Gasteiger partial charge in [-0.2, -0.15) is 0 Å². The minimum Gasteiger partial charge on any atom is -0.326 e. The third kappa shape index (κ3) is 3.47. The number of pyridine rings is 1. The van der Waals surface area contributed by atoms with Crippen molar-refractivity contribution in [2.24, 2.45) is 11.3 Å². The van der Waals surface area contributed by atoms with Gasteiger partial charge in [0, 0.05) is 28.8 Å². The molecule has 0 radical (unpaired) electrons. The summed E-state index contributed by atoms with van der Waals surface area (Å²) in [7, 11) is 0. The number of amides is 1. The van der Waals surface area contributed by atoms with Gasteiger partial charge < -0.3 is 5.32 Å². The molecule has 1 amide bonds. The van der Waals surface area contributed by atoms with E-state index in [-0.39, 0.29) is 34.8 Å². The molecular formula is C25H24F2N2O. The van der Waals surface area contributed by atoms with Crippen molar-refractivity contribution in [3.63, 3.8) is 0 Å². The van der Waals surface area contributed by atoms with Crippen molar-refractivity contribution in [2.75, 3.05) is 5.32 Å². The summed E-state index contributed by atoms with van der Waals surface area (Å²) in [5, 5.41) is 3.81. The highest BCUT2D eigenvalue weighted by atomic mass is 19.1. The third-order valence-corrected chi connectivity index (χ3v) is 7.07. The van der Waals surface area contributed by atoms with Gasteiger partial charge in [-0.15, -0.1) is 0 Å². The van der Waals surface area contributed by atoms with Gasteiger partial charge in [0.05, 0.1) is 5.52 Å². The predicted molar refractivity (Wildman–Crippen MR) is 113 cm³/mol. The van der Waals surface area contributed by atoms with Crippen molar-refractivity contribution >= 4 is 22.5 Å². The first kappa shape index (κ1) is 19.2. The number of aromatic nitrogens is 1. The van der Waals surface area contributed by atoms with Gasteiger partial charge in [0.25, 0.3) is 0 Å². The minimum atomic E-state index is -0.314. The molecule has 1 heterocycles. The fourth-order valence-electron chi connectivity index (χ4n) is 5.44. The molecule has 30 heavy (non-hydrogen) atoms. The average Bonchev–Trinajstić information content (AvgIpc) is 2.74. The van der Waals surface area contributed by atoms with E-state index in [9.17, 15) is 13.6 Å². The largest absolute Gasteiger partial charge is 0.326 e. The number of carbonyl (C=O) groups is 1. The van der Waals surface area contributed by atoms with Crippen molar-refractivity contribution in [3.8, 4) is 0 Å². The highest BCUT2D eigenvalue weighted by molar-refractivity contribution is 5.93. The first-order valence-electron chi connectivity index (χ1n) is 10.6. The Hall–Kier alpha value is -2.82. The van der Waals surface area contributed by atoms with E-state index in [4.69, 9.17) is 0 Å². The van der Waals surface area contributed by atoms with Gasteiger partial charge in [0.1, 0.15) is 11.6 Å². The molecule has 0 bridgehead atoms. The SMILES string of the molecule is O=C(Nc1ccc(F)cc1)C1CC2(CCC(c3c(F)ccc4ncccc34)CC2)C1. The number of halogens is 2. The summed E-state index contributed by atoms with van der Waals surface area (Å²) in [6.45, 7) is 0. The number of nitrogens with one attached hydrogen (secondary N) is 1. The van der Waals surface area contributed by atoms with Crippen LogP contribution in [0.2, 0.25) is 0 Å². The van der Waals surface area contributed by atoms with Crippen molar-refractivity contribution in [1.82, 2.24) is 4.98 Å². The van der Waals surface area contributed by atoms with Crippen molar-refractivity contribution in [2.45, 2.75) is 44.4 Å². The lowest BCUT2D eigenvalue weighted by atomic mass is 9.54. The molecule has 0 unspecified atom stereocenters. The lowest BCUT2D eigenvalue weighted by Crippen LogP contribution is -2.45. The Bertz CT molecular complexity index is 1080. The summed E-state index contributed by atoms with van der Waals surface area (Å²) in [5.74, 6) is -0.228. The molecule has 2 aromatic carbocycles. The molecule has 3 aromatic rings. The Morgan fingerprint density at radius 2 is 1.73 bits per heavy atom. The molecule has 3 nitrogen and oxygen atoms in total. The Labute approximate surface area is 174 Å². The molecule has 0 saturated heterocycles. The molecule has 0 aliphatic heterocycles. The van der Waals surface area contributed by atoms with Crippen LogP contribution in [0.5, 0.6) is 0 Å². The molecule has 154 valence electrons. The van der Waals surface area contributed by atoms with Crippen LogP contribution in [0.25, 0.3) is 10.9 Å². The van der Waals surface area contributed by atoms with E-state index in [1.165, 1.54) is 18.2 Å². The Balaban J connectivity index is 1.22. The van der Waals surface area contributed by atoms with E-state index >= 15 is 0 Å². The zero-order valence-electron chi connectivity index (χ0n) is 16.7. The molecule has 2 fully saturated rings. The van der Waals surface area contributed by atoms with Gasteiger partial charge in [-0.05, 0) is 92.3 Å². The van der Waals surface area contributed by atoms with Crippen molar-refractivity contribution in [3.05, 3.63) is 71.9 Å². The fraction of sp³-hybridized carbons (Fsp3) is 0.360. The van der Waals surface area contributed by atoms with Gasteiger partial charge in [0.15, 0.2) is 0 Å². The molecule has 1 spiro atoms. The average molecular weight is 406 g/mol. The van der Waals surface area contributed by atoms with Crippen LogP contribution in [-0.2, 0) is 4.79 Å². The maximum atomic E-state index is 14.7. The summed E-state index contributed by atoms with van der Waals surface area (Å²) in [6.07, 6.45) is 7.43. The third-order valence-electron chi connectivity index (χ3n) is 7.07. The number of carbonyl (C=O) groups excluding carboxylic acids is 1. The highest BCUT2D eigenvalue weighted by Crippen LogP contribution is 2.57. The molecular weight excluding hydrogens is 382 g/mol. The maximum Gasteiger partial charge on any atom is 0.227 e. The Kier molecular flexibility index (Phi) is 4.76. The highest BCUT2D eigenvalue weighted by Gasteiger charge is 2.49. The van der Waals surface area contributed by atoms with Crippen molar-refractivity contribution in [1.29, 1.82) is 0 Å². The lowest BCUT2D eigenvalue weighted by molar-refractivity contribution is -0.128. The zero-order valence-corrected chi connectivity index (χ0v) is 16.7.